The SMILES string of the molecule is CCC(C#N)S(=O)(=O)N1CCN(c2ccccc2)CC1. The molecule has 1 atom stereocenters. The van der Waals surface area contributed by atoms with Crippen molar-refractivity contribution in [1.29, 1.82) is 5.26 Å². The molecule has 1 unspecified atom stereocenters. The standard InChI is InChI=1S/C14H19N3O2S/c1-2-14(12-15)20(18,19)17-10-8-16(9-11-17)13-6-4-3-5-7-13/h3-7,14H,2,8-11H2,1H3. The summed E-state index contributed by atoms with van der Waals surface area (Å²) in [6.45, 7) is 3.92. The average Bonchev–Trinajstić information content (AvgIpc) is 2.49. The minimum absolute atomic E-state index is 0.331. The topological polar surface area (TPSA) is 64.4 Å². The van der Waals surface area contributed by atoms with Gasteiger partial charge >= 0.3 is 0 Å². The van der Waals surface area contributed by atoms with E-state index in [0.29, 0.717) is 32.6 Å². The molecule has 1 aromatic carbocycles. The van der Waals surface area contributed by atoms with Gasteiger partial charge in [0.25, 0.3) is 0 Å². The molecule has 20 heavy (non-hydrogen) atoms. The third kappa shape index (κ3) is 2.94. The van der Waals surface area contributed by atoms with Gasteiger partial charge in [-0.05, 0) is 18.6 Å². The van der Waals surface area contributed by atoms with Crippen molar-refractivity contribution in [2.24, 2.45) is 0 Å². The number of sulfonamides is 1. The molecular formula is C14H19N3O2S. The molecule has 108 valence electrons. The summed E-state index contributed by atoms with van der Waals surface area (Å²) in [5.41, 5.74) is 1.11. The third-order valence-corrected chi connectivity index (χ3v) is 5.84. The molecular weight excluding hydrogens is 274 g/mol. The summed E-state index contributed by atoms with van der Waals surface area (Å²) in [5, 5.41) is 8.03. The van der Waals surface area contributed by atoms with E-state index in [1.807, 2.05) is 36.4 Å². The van der Waals surface area contributed by atoms with Crippen LogP contribution in [0.4, 0.5) is 5.69 Å². The number of piperazine rings is 1. The lowest BCUT2D eigenvalue weighted by atomic mass is 10.2. The minimum atomic E-state index is -3.48. The largest absolute Gasteiger partial charge is 0.369 e. The monoisotopic (exact) mass is 293 g/mol. The van der Waals surface area contributed by atoms with Crippen molar-refractivity contribution in [2.75, 3.05) is 31.1 Å². The lowest BCUT2D eigenvalue weighted by Gasteiger charge is -2.36. The van der Waals surface area contributed by atoms with Crippen molar-refractivity contribution in [3.05, 3.63) is 30.3 Å². The normalized spacial score (nSPS) is 18.5. The Labute approximate surface area is 120 Å². The van der Waals surface area contributed by atoms with Gasteiger partial charge in [-0.1, -0.05) is 25.1 Å². The van der Waals surface area contributed by atoms with Gasteiger partial charge < -0.3 is 4.90 Å². The van der Waals surface area contributed by atoms with Crippen LogP contribution in [0.3, 0.4) is 0 Å². The maximum atomic E-state index is 12.3. The number of rotatable bonds is 4. The second kappa shape index (κ2) is 6.25. The summed E-state index contributed by atoms with van der Waals surface area (Å²) in [6, 6.07) is 11.8. The molecule has 0 spiro atoms. The Balaban J connectivity index is 2.03. The molecule has 0 aromatic heterocycles. The highest BCUT2D eigenvalue weighted by molar-refractivity contribution is 7.90. The third-order valence-electron chi connectivity index (χ3n) is 3.59. The van der Waals surface area contributed by atoms with E-state index in [4.69, 9.17) is 5.26 Å². The van der Waals surface area contributed by atoms with Crippen LogP contribution in [0.25, 0.3) is 0 Å². The van der Waals surface area contributed by atoms with Crippen molar-refractivity contribution in [2.45, 2.75) is 18.6 Å². The van der Waals surface area contributed by atoms with E-state index in [1.165, 1.54) is 4.31 Å². The van der Waals surface area contributed by atoms with Crippen LogP contribution in [-0.2, 0) is 10.0 Å². The van der Waals surface area contributed by atoms with Crippen LogP contribution < -0.4 is 4.90 Å². The summed E-state index contributed by atoms with van der Waals surface area (Å²) in [6.07, 6.45) is 0.331. The smallest absolute Gasteiger partial charge is 0.230 e. The van der Waals surface area contributed by atoms with Crippen LogP contribution in [0.1, 0.15) is 13.3 Å². The van der Waals surface area contributed by atoms with Gasteiger partial charge in [0.05, 0.1) is 6.07 Å². The van der Waals surface area contributed by atoms with Crippen LogP contribution in [-0.4, -0.2) is 44.2 Å². The zero-order chi connectivity index (χ0) is 14.6. The fraction of sp³-hybridized carbons (Fsp3) is 0.500. The van der Waals surface area contributed by atoms with Crippen molar-refractivity contribution < 1.29 is 8.42 Å². The zero-order valence-electron chi connectivity index (χ0n) is 11.6. The summed E-state index contributed by atoms with van der Waals surface area (Å²) in [7, 11) is -3.48. The van der Waals surface area contributed by atoms with Gasteiger partial charge in [-0.25, -0.2) is 8.42 Å². The Kier molecular flexibility index (Phi) is 4.63. The van der Waals surface area contributed by atoms with E-state index in [2.05, 4.69) is 4.90 Å². The highest BCUT2D eigenvalue weighted by Crippen LogP contribution is 2.19. The van der Waals surface area contributed by atoms with Gasteiger partial charge in [0.1, 0.15) is 0 Å². The number of hydrogen-bond donors (Lipinski definition) is 0. The number of nitriles is 1. The summed E-state index contributed by atoms with van der Waals surface area (Å²) in [4.78, 5) is 2.17. The molecule has 0 amide bonds. The van der Waals surface area contributed by atoms with Gasteiger partial charge in [0.2, 0.25) is 10.0 Å². The van der Waals surface area contributed by atoms with Crippen LogP contribution >= 0.6 is 0 Å². The summed E-state index contributed by atoms with van der Waals surface area (Å²) < 4.78 is 26.0. The van der Waals surface area contributed by atoms with Gasteiger partial charge in [0.15, 0.2) is 5.25 Å². The Bertz CT molecular complexity index is 572. The average molecular weight is 293 g/mol. The van der Waals surface area contributed by atoms with Crippen molar-refractivity contribution >= 4 is 15.7 Å². The Morgan fingerprint density at radius 2 is 1.80 bits per heavy atom. The van der Waals surface area contributed by atoms with E-state index < -0.39 is 15.3 Å². The fourth-order valence-corrected chi connectivity index (χ4v) is 3.97. The summed E-state index contributed by atoms with van der Waals surface area (Å²) in [5.74, 6) is 0. The van der Waals surface area contributed by atoms with E-state index >= 15 is 0 Å². The first-order chi connectivity index (χ1) is 9.59. The van der Waals surface area contributed by atoms with Crippen molar-refractivity contribution in [3.63, 3.8) is 0 Å². The molecule has 5 nitrogen and oxygen atoms in total. The van der Waals surface area contributed by atoms with Crippen LogP contribution in [0.15, 0.2) is 30.3 Å². The molecule has 0 radical (unpaired) electrons. The molecule has 1 aliphatic rings. The molecule has 0 bridgehead atoms. The maximum Gasteiger partial charge on any atom is 0.230 e. The second-order valence-electron chi connectivity index (χ2n) is 4.79. The molecule has 1 fully saturated rings. The van der Waals surface area contributed by atoms with E-state index in [-0.39, 0.29) is 0 Å². The molecule has 2 rings (SSSR count). The first kappa shape index (κ1) is 14.8. The molecule has 1 heterocycles. The van der Waals surface area contributed by atoms with Gasteiger partial charge in [-0.3, -0.25) is 0 Å². The Morgan fingerprint density at radius 1 is 1.20 bits per heavy atom. The highest BCUT2D eigenvalue weighted by atomic mass is 32.2. The number of benzene rings is 1. The molecule has 1 saturated heterocycles. The first-order valence-electron chi connectivity index (χ1n) is 6.78. The predicted octanol–water partition coefficient (Wildman–Crippen LogP) is 1.44. The molecule has 0 aliphatic carbocycles. The highest BCUT2D eigenvalue weighted by Gasteiger charge is 2.33. The van der Waals surface area contributed by atoms with Gasteiger partial charge in [0, 0.05) is 31.9 Å². The van der Waals surface area contributed by atoms with Gasteiger partial charge in [-0.2, -0.15) is 9.57 Å². The van der Waals surface area contributed by atoms with Crippen LogP contribution in [0.5, 0.6) is 0 Å². The number of anilines is 1. The second-order valence-corrected chi connectivity index (χ2v) is 6.91. The molecule has 0 N–H and O–H groups in total. The van der Waals surface area contributed by atoms with E-state index in [0.717, 1.165) is 5.69 Å². The molecule has 6 heteroatoms. The van der Waals surface area contributed by atoms with Crippen LogP contribution in [0.2, 0.25) is 0 Å². The molecule has 0 saturated carbocycles. The Hall–Kier alpha value is -1.58. The first-order valence-corrected chi connectivity index (χ1v) is 8.28. The Morgan fingerprint density at radius 3 is 2.30 bits per heavy atom. The number of para-hydroxylation sites is 1. The zero-order valence-corrected chi connectivity index (χ0v) is 12.4. The maximum absolute atomic E-state index is 12.3. The van der Waals surface area contributed by atoms with Gasteiger partial charge in [-0.15, -0.1) is 0 Å². The quantitative estimate of drug-likeness (QED) is 0.842. The number of hydrogen-bond acceptors (Lipinski definition) is 4. The van der Waals surface area contributed by atoms with E-state index in [9.17, 15) is 8.42 Å². The predicted molar refractivity (Wildman–Crippen MR) is 78.8 cm³/mol. The fourth-order valence-electron chi connectivity index (χ4n) is 2.39. The molecule has 1 aliphatic heterocycles. The minimum Gasteiger partial charge on any atom is -0.369 e. The van der Waals surface area contributed by atoms with Crippen LogP contribution in [0, 0.1) is 11.3 Å². The lowest BCUT2D eigenvalue weighted by molar-refractivity contribution is 0.381. The van der Waals surface area contributed by atoms with Crippen molar-refractivity contribution in [1.82, 2.24) is 4.31 Å². The number of nitrogens with zero attached hydrogens (tertiary/aromatic N) is 3. The molecule has 1 aromatic rings. The van der Waals surface area contributed by atoms with Crippen molar-refractivity contribution in [3.8, 4) is 6.07 Å². The lowest BCUT2D eigenvalue weighted by Crippen LogP contribution is -2.51. The van der Waals surface area contributed by atoms with E-state index in [1.54, 1.807) is 6.92 Å². The summed E-state index contributed by atoms with van der Waals surface area (Å²) >= 11 is 0.